The monoisotopic (exact) mass is 557 g/mol. The second kappa shape index (κ2) is 11.9. The largest absolute Gasteiger partial charge is 0.534 e. The van der Waals surface area contributed by atoms with Crippen molar-refractivity contribution >= 4 is 16.0 Å². The zero-order valence-corrected chi connectivity index (χ0v) is 21.7. The Kier molecular flexibility index (Phi) is 8.57. The zero-order valence-electron chi connectivity index (χ0n) is 20.9. The average molecular weight is 558 g/mol. The highest BCUT2D eigenvalue weighted by molar-refractivity contribution is 7.88. The lowest BCUT2D eigenvalue weighted by atomic mass is 9.99. The fourth-order valence-electron chi connectivity index (χ4n) is 4.32. The number of fused-ring (bicyclic) bond motifs is 1. The molecule has 1 N–H and O–H groups in total. The van der Waals surface area contributed by atoms with Crippen molar-refractivity contribution in [2.75, 3.05) is 19.6 Å². The van der Waals surface area contributed by atoms with Crippen LogP contribution in [0.2, 0.25) is 0 Å². The smallest absolute Gasteiger partial charge is 0.376 e. The SMILES string of the molecule is N#Cc1ccc(-c2ccc(C(=O)NCCCCN3CCc4ccc(OS(=O)(=O)C(F)(F)F)cc4C3)cc2)cc1. The van der Waals surface area contributed by atoms with Gasteiger partial charge >= 0.3 is 15.6 Å². The van der Waals surface area contributed by atoms with Gasteiger partial charge < -0.3 is 9.50 Å². The maximum absolute atomic E-state index is 12.6. The van der Waals surface area contributed by atoms with Gasteiger partial charge in [0.25, 0.3) is 5.91 Å². The standard InChI is InChI=1S/C28H26F3N3O4S/c29-28(30,31)39(36,37)38-26-12-11-23-13-16-34(19-25(23)17-26)15-2-1-14-33-27(35)24-9-7-22(8-10-24)21-5-3-20(18-32)4-6-21/h3-12,17H,1-2,13-16,19H2,(H,33,35). The van der Waals surface area contributed by atoms with Gasteiger partial charge in [0.2, 0.25) is 0 Å². The van der Waals surface area contributed by atoms with Crippen molar-refractivity contribution in [3.8, 4) is 22.9 Å². The van der Waals surface area contributed by atoms with Crippen LogP contribution in [0.5, 0.6) is 5.75 Å². The summed E-state index contributed by atoms with van der Waals surface area (Å²) in [6, 6.07) is 20.7. The summed E-state index contributed by atoms with van der Waals surface area (Å²) in [7, 11) is -5.71. The molecule has 0 atom stereocenters. The van der Waals surface area contributed by atoms with Gasteiger partial charge in [-0.3, -0.25) is 9.69 Å². The number of amides is 1. The van der Waals surface area contributed by atoms with Gasteiger partial charge in [-0.25, -0.2) is 0 Å². The van der Waals surface area contributed by atoms with E-state index in [1.54, 1.807) is 30.3 Å². The first kappa shape index (κ1) is 28.1. The van der Waals surface area contributed by atoms with Gasteiger partial charge in [0, 0.05) is 25.2 Å². The lowest BCUT2D eigenvalue weighted by molar-refractivity contribution is -0.0500. The molecular weight excluding hydrogens is 531 g/mol. The molecule has 7 nitrogen and oxygen atoms in total. The lowest BCUT2D eigenvalue weighted by Crippen LogP contribution is -2.32. The van der Waals surface area contributed by atoms with Gasteiger partial charge in [-0.15, -0.1) is 0 Å². The molecule has 1 amide bonds. The molecule has 3 aromatic rings. The predicted molar refractivity (Wildman–Crippen MR) is 139 cm³/mol. The van der Waals surface area contributed by atoms with Gasteiger partial charge in [-0.05, 0) is 84.5 Å². The highest BCUT2D eigenvalue weighted by Gasteiger charge is 2.48. The van der Waals surface area contributed by atoms with E-state index >= 15 is 0 Å². The lowest BCUT2D eigenvalue weighted by Gasteiger charge is -2.29. The van der Waals surface area contributed by atoms with Crippen molar-refractivity contribution in [2.45, 2.75) is 31.3 Å². The summed E-state index contributed by atoms with van der Waals surface area (Å²) in [5.41, 5.74) is -0.780. The Labute approximate surface area is 224 Å². The average Bonchev–Trinajstić information content (AvgIpc) is 2.92. The predicted octanol–water partition coefficient (Wildman–Crippen LogP) is 5.02. The maximum Gasteiger partial charge on any atom is 0.534 e. The number of alkyl halides is 3. The van der Waals surface area contributed by atoms with E-state index in [-0.39, 0.29) is 11.7 Å². The molecule has 1 heterocycles. The number of hydrogen-bond acceptors (Lipinski definition) is 6. The topological polar surface area (TPSA) is 99.5 Å². The molecule has 1 aliphatic rings. The molecule has 0 bridgehead atoms. The van der Waals surface area contributed by atoms with Crippen LogP contribution in [-0.4, -0.2) is 44.4 Å². The van der Waals surface area contributed by atoms with E-state index in [1.807, 2.05) is 24.3 Å². The number of carbonyl (C=O) groups is 1. The fourth-order valence-corrected chi connectivity index (χ4v) is 4.78. The van der Waals surface area contributed by atoms with Crippen LogP contribution in [0.15, 0.2) is 66.7 Å². The molecule has 3 aromatic carbocycles. The highest BCUT2D eigenvalue weighted by Crippen LogP contribution is 2.30. The van der Waals surface area contributed by atoms with Gasteiger partial charge in [0.1, 0.15) is 5.75 Å². The Balaban J connectivity index is 1.21. The fraction of sp³-hybridized carbons (Fsp3) is 0.286. The molecule has 39 heavy (non-hydrogen) atoms. The summed E-state index contributed by atoms with van der Waals surface area (Å²) in [6.45, 7) is 2.46. The molecule has 0 aromatic heterocycles. The number of carbonyl (C=O) groups excluding carboxylic acids is 1. The van der Waals surface area contributed by atoms with E-state index < -0.39 is 15.6 Å². The first-order chi connectivity index (χ1) is 18.6. The third kappa shape index (κ3) is 7.16. The number of benzene rings is 3. The summed E-state index contributed by atoms with van der Waals surface area (Å²) in [5.74, 6) is -0.532. The van der Waals surface area contributed by atoms with Crippen LogP contribution in [0.1, 0.15) is 39.9 Å². The van der Waals surface area contributed by atoms with Crippen LogP contribution < -0.4 is 9.50 Å². The van der Waals surface area contributed by atoms with Crippen molar-refractivity contribution in [1.82, 2.24) is 10.2 Å². The third-order valence-electron chi connectivity index (χ3n) is 6.44. The van der Waals surface area contributed by atoms with E-state index in [1.165, 1.54) is 12.1 Å². The molecule has 204 valence electrons. The van der Waals surface area contributed by atoms with Crippen LogP contribution in [0.25, 0.3) is 11.1 Å². The highest BCUT2D eigenvalue weighted by atomic mass is 32.2. The molecular formula is C28H26F3N3O4S. The molecule has 11 heteroatoms. The minimum atomic E-state index is -5.71. The number of rotatable bonds is 9. The van der Waals surface area contributed by atoms with Crippen LogP contribution >= 0.6 is 0 Å². The van der Waals surface area contributed by atoms with Gasteiger partial charge in [-0.1, -0.05) is 30.3 Å². The number of unbranched alkanes of at least 4 members (excludes halogenated alkanes) is 1. The second-order valence-electron chi connectivity index (χ2n) is 9.17. The molecule has 0 fully saturated rings. The molecule has 4 rings (SSSR count). The van der Waals surface area contributed by atoms with Gasteiger partial charge in [-0.2, -0.15) is 26.9 Å². The van der Waals surface area contributed by atoms with Crippen LogP contribution in [0, 0.1) is 11.3 Å². The summed E-state index contributed by atoms with van der Waals surface area (Å²) < 4.78 is 64.7. The Morgan fingerprint density at radius 2 is 1.64 bits per heavy atom. The Morgan fingerprint density at radius 3 is 2.28 bits per heavy atom. The van der Waals surface area contributed by atoms with Crippen LogP contribution in [0.4, 0.5) is 13.2 Å². The summed E-state index contributed by atoms with van der Waals surface area (Å²) in [4.78, 5) is 14.6. The number of halogens is 3. The van der Waals surface area contributed by atoms with E-state index in [9.17, 15) is 26.4 Å². The van der Waals surface area contributed by atoms with Crippen molar-refractivity contribution in [3.63, 3.8) is 0 Å². The molecule has 0 radical (unpaired) electrons. The number of nitrogens with one attached hydrogen (secondary N) is 1. The van der Waals surface area contributed by atoms with E-state index in [0.717, 1.165) is 48.2 Å². The molecule has 0 aliphatic carbocycles. The van der Waals surface area contributed by atoms with Crippen LogP contribution in [-0.2, 0) is 23.1 Å². The minimum absolute atomic E-state index is 0.172. The Bertz CT molecular complexity index is 1470. The van der Waals surface area contributed by atoms with E-state index in [4.69, 9.17) is 5.26 Å². The van der Waals surface area contributed by atoms with Gasteiger partial charge in [0.05, 0.1) is 11.6 Å². The molecule has 0 spiro atoms. The quantitative estimate of drug-likeness (QED) is 0.225. The van der Waals surface area contributed by atoms with E-state index in [2.05, 4.69) is 20.5 Å². The molecule has 1 aliphatic heterocycles. The summed E-state index contributed by atoms with van der Waals surface area (Å²) in [5, 5.41) is 11.8. The van der Waals surface area contributed by atoms with E-state index in [0.29, 0.717) is 30.6 Å². The van der Waals surface area contributed by atoms with Crippen molar-refractivity contribution in [2.24, 2.45) is 0 Å². The first-order valence-corrected chi connectivity index (χ1v) is 13.7. The zero-order chi connectivity index (χ0) is 28.0. The van der Waals surface area contributed by atoms with Crippen molar-refractivity contribution in [3.05, 3.63) is 89.0 Å². The third-order valence-corrected chi connectivity index (χ3v) is 7.42. The second-order valence-corrected chi connectivity index (χ2v) is 10.7. The number of nitriles is 1. The first-order valence-electron chi connectivity index (χ1n) is 12.3. The Hall–Kier alpha value is -3.88. The summed E-state index contributed by atoms with van der Waals surface area (Å²) in [6.07, 6.45) is 2.23. The molecule has 0 unspecified atom stereocenters. The van der Waals surface area contributed by atoms with Crippen LogP contribution in [0.3, 0.4) is 0 Å². The minimum Gasteiger partial charge on any atom is -0.376 e. The number of hydrogen-bond donors (Lipinski definition) is 1. The van der Waals surface area contributed by atoms with Gasteiger partial charge in [0.15, 0.2) is 0 Å². The maximum atomic E-state index is 12.6. The molecule has 0 saturated carbocycles. The van der Waals surface area contributed by atoms with Crippen molar-refractivity contribution < 1.29 is 30.6 Å². The normalized spacial score (nSPS) is 13.8. The van der Waals surface area contributed by atoms with Crippen molar-refractivity contribution in [1.29, 1.82) is 5.26 Å². The number of nitrogens with zero attached hydrogens (tertiary/aromatic N) is 2. The summed E-state index contributed by atoms with van der Waals surface area (Å²) >= 11 is 0. The Morgan fingerprint density at radius 1 is 0.974 bits per heavy atom. The molecule has 0 saturated heterocycles.